The number of carbonyl (C=O) groups excluding carboxylic acids is 3. The van der Waals surface area contributed by atoms with Gasteiger partial charge in [-0.15, -0.1) is 11.3 Å². The van der Waals surface area contributed by atoms with Gasteiger partial charge < -0.3 is 36.0 Å². The zero-order valence-electron chi connectivity index (χ0n) is 36.7. The van der Waals surface area contributed by atoms with Gasteiger partial charge in [0.1, 0.15) is 17.1 Å². The number of aliphatic hydroxyl groups excluding tert-OH is 1. The lowest BCUT2D eigenvalue weighted by Crippen LogP contribution is -2.59. The molecule has 5 N–H and O–H groups in total. The fourth-order valence-electron chi connectivity index (χ4n) is 7.96. The molecular formula is C48H58N8O6S. The number of carboxylic acid groups (broad SMARTS) is 1. The van der Waals surface area contributed by atoms with Crippen LogP contribution >= 0.6 is 11.3 Å². The van der Waals surface area contributed by atoms with Gasteiger partial charge in [-0.2, -0.15) is 0 Å². The molecular weight excluding hydrogens is 817 g/mol. The number of aromatic nitrogens is 3. The molecule has 0 unspecified atom stereocenters. The molecule has 4 heterocycles. The van der Waals surface area contributed by atoms with E-state index < -0.39 is 59.0 Å². The maximum absolute atomic E-state index is 14.7. The van der Waals surface area contributed by atoms with Crippen LogP contribution in [0.1, 0.15) is 64.8 Å². The third-order valence-corrected chi connectivity index (χ3v) is 12.0. The molecule has 0 bridgehead atoms. The highest BCUT2D eigenvalue weighted by atomic mass is 32.1. The Morgan fingerprint density at radius 3 is 2.13 bits per heavy atom. The number of carbonyl (C=O) groups is 4. The molecule has 15 heteroatoms. The van der Waals surface area contributed by atoms with Crippen molar-refractivity contribution in [1.82, 2.24) is 40.7 Å². The molecule has 5 aromatic rings. The summed E-state index contributed by atoms with van der Waals surface area (Å²) < 4.78 is 0. The first-order valence-electron chi connectivity index (χ1n) is 21.2. The number of thiazole rings is 1. The van der Waals surface area contributed by atoms with Gasteiger partial charge in [-0.25, -0.2) is 14.6 Å². The number of benzene rings is 2. The molecule has 1 aliphatic rings. The fraction of sp³-hybridized carbons (Fsp3) is 0.396. The summed E-state index contributed by atoms with van der Waals surface area (Å²) in [6.07, 6.45) is 3.24. The summed E-state index contributed by atoms with van der Waals surface area (Å²) in [7, 11) is 0. The van der Waals surface area contributed by atoms with Crippen molar-refractivity contribution in [2.75, 3.05) is 13.1 Å². The molecule has 3 aromatic heterocycles. The Morgan fingerprint density at radius 1 is 0.778 bits per heavy atom. The molecule has 0 aliphatic carbocycles. The molecule has 5 amide bonds. The van der Waals surface area contributed by atoms with Gasteiger partial charge in [0.2, 0.25) is 11.8 Å². The summed E-state index contributed by atoms with van der Waals surface area (Å²) >= 11 is 1.48. The first-order chi connectivity index (χ1) is 30.0. The maximum Gasteiger partial charge on any atom is 0.405 e. The summed E-state index contributed by atoms with van der Waals surface area (Å²) in [5, 5.41) is 33.2. The average molecular weight is 875 g/mol. The van der Waals surface area contributed by atoms with Crippen LogP contribution in [0.3, 0.4) is 0 Å². The van der Waals surface area contributed by atoms with Crippen molar-refractivity contribution in [2.45, 2.75) is 97.6 Å². The first-order valence-corrected chi connectivity index (χ1v) is 22.1. The van der Waals surface area contributed by atoms with Crippen molar-refractivity contribution in [1.29, 1.82) is 0 Å². The van der Waals surface area contributed by atoms with Crippen LogP contribution in [0.5, 0.6) is 0 Å². The first kappa shape index (κ1) is 46.3. The SMILES string of the molecule is CC(C)(C)[C@H](NC(=O)O)C(=O)N[C@@H](Cc1ccc(-c2ccccn2)cc1)C[C@H](O)[C@H](Cc1ccccc1)NC(=O)[C@@H](N1CCN(Cc2csc(-c3cccnc3)n2)C1=O)C(C)(C)C. The number of nitrogens with zero attached hydrogens (tertiary/aromatic N) is 5. The molecule has 5 atom stereocenters. The molecule has 63 heavy (non-hydrogen) atoms. The van der Waals surface area contributed by atoms with Crippen LogP contribution in [0.2, 0.25) is 0 Å². The lowest BCUT2D eigenvalue weighted by atomic mass is 9.84. The summed E-state index contributed by atoms with van der Waals surface area (Å²) in [5.74, 6) is -0.943. The van der Waals surface area contributed by atoms with Crippen LogP contribution < -0.4 is 16.0 Å². The smallest absolute Gasteiger partial charge is 0.405 e. The van der Waals surface area contributed by atoms with E-state index in [9.17, 15) is 29.4 Å². The summed E-state index contributed by atoms with van der Waals surface area (Å²) in [4.78, 5) is 71.2. The van der Waals surface area contributed by atoms with E-state index in [-0.39, 0.29) is 25.4 Å². The number of rotatable bonds is 17. The van der Waals surface area contributed by atoms with Crippen molar-refractivity contribution >= 4 is 35.3 Å². The van der Waals surface area contributed by atoms with E-state index in [1.54, 1.807) is 49.2 Å². The lowest BCUT2D eigenvalue weighted by molar-refractivity contribution is -0.131. The number of hydrogen-bond donors (Lipinski definition) is 5. The van der Waals surface area contributed by atoms with E-state index in [0.717, 1.165) is 38.6 Å². The van der Waals surface area contributed by atoms with E-state index in [0.29, 0.717) is 19.5 Å². The summed E-state index contributed by atoms with van der Waals surface area (Å²) in [5.41, 5.74) is 3.64. The second kappa shape index (κ2) is 20.3. The Balaban J connectivity index is 1.23. The largest absolute Gasteiger partial charge is 0.465 e. The summed E-state index contributed by atoms with van der Waals surface area (Å²) in [6, 6.07) is 23.0. The Bertz CT molecular complexity index is 2300. The van der Waals surface area contributed by atoms with Crippen molar-refractivity contribution in [2.24, 2.45) is 10.8 Å². The number of pyridine rings is 2. The Hall–Kier alpha value is -6.19. The van der Waals surface area contributed by atoms with Crippen LogP contribution in [0.25, 0.3) is 21.8 Å². The zero-order valence-corrected chi connectivity index (χ0v) is 37.5. The van der Waals surface area contributed by atoms with Gasteiger partial charge in [0.05, 0.1) is 30.1 Å². The van der Waals surface area contributed by atoms with Gasteiger partial charge >= 0.3 is 12.1 Å². The van der Waals surface area contributed by atoms with E-state index in [1.807, 2.05) is 111 Å². The normalized spacial score (nSPS) is 15.6. The van der Waals surface area contributed by atoms with Crippen molar-refractivity contribution in [3.63, 3.8) is 0 Å². The third kappa shape index (κ3) is 12.5. The second-order valence-electron chi connectivity index (χ2n) is 18.2. The lowest BCUT2D eigenvalue weighted by Gasteiger charge is -2.38. The monoisotopic (exact) mass is 874 g/mol. The number of amides is 5. The molecule has 0 saturated carbocycles. The molecule has 1 fully saturated rings. The van der Waals surface area contributed by atoms with Gasteiger partial charge in [-0.1, -0.05) is 102 Å². The Labute approximate surface area is 373 Å². The molecule has 0 radical (unpaired) electrons. The van der Waals surface area contributed by atoms with Gasteiger partial charge in [0.15, 0.2) is 0 Å². The van der Waals surface area contributed by atoms with Crippen LogP contribution in [-0.4, -0.2) is 102 Å². The molecule has 1 saturated heterocycles. The van der Waals surface area contributed by atoms with Crippen molar-refractivity contribution < 1.29 is 29.4 Å². The van der Waals surface area contributed by atoms with E-state index >= 15 is 0 Å². The van der Waals surface area contributed by atoms with E-state index in [1.165, 1.54) is 11.3 Å². The molecule has 332 valence electrons. The van der Waals surface area contributed by atoms with Gasteiger partial charge in [-0.3, -0.25) is 19.6 Å². The average Bonchev–Trinajstić information content (AvgIpc) is 3.86. The number of nitrogens with one attached hydrogen (secondary N) is 3. The minimum Gasteiger partial charge on any atom is -0.465 e. The second-order valence-corrected chi connectivity index (χ2v) is 19.1. The topological polar surface area (TPSA) is 190 Å². The molecule has 2 aromatic carbocycles. The van der Waals surface area contributed by atoms with E-state index in [2.05, 4.69) is 25.9 Å². The number of aliphatic hydroxyl groups is 1. The predicted octanol–water partition coefficient (Wildman–Crippen LogP) is 6.81. The Kier molecular flexibility index (Phi) is 14.9. The standard InChI is InChI=1S/C48H58N8O6S/c1-47(2,3)40(54-45(60)61)42(58)51-35(25-32-17-19-33(20-18-32)37-16-10-11-22-50-37)27-39(57)38(26-31-13-8-7-9-14-31)53-43(59)41(48(4,5)6)56-24-23-55(46(56)62)29-36-30-63-44(52-36)34-15-12-21-49-28-34/h7-22,28,30,35,38-41,54,57H,23-27,29H2,1-6H3,(H,51,58)(H,53,59)(H,60,61)/t35-,38-,39-,40+,41+/m0/s1. The quantitative estimate of drug-likeness (QED) is 0.0669. The van der Waals surface area contributed by atoms with Gasteiger partial charge in [0, 0.05) is 54.2 Å². The van der Waals surface area contributed by atoms with E-state index in [4.69, 9.17) is 4.98 Å². The van der Waals surface area contributed by atoms with Crippen LogP contribution in [-0.2, 0) is 29.0 Å². The molecule has 1 aliphatic heterocycles. The van der Waals surface area contributed by atoms with Crippen LogP contribution in [0.4, 0.5) is 9.59 Å². The fourth-order valence-corrected chi connectivity index (χ4v) is 8.76. The minimum atomic E-state index is -1.33. The molecule has 14 nitrogen and oxygen atoms in total. The van der Waals surface area contributed by atoms with Crippen LogP contribution in [0, 0.1) is 10.8 Å². The van der Waals surface area contributed by atoms with Gasteiger partial charge in [0.25, 0.3) is 0 Å². The highest BCUT2D eigenvalue weighted by Gasteiger charge is 2.44. The van der Waals surface area contributed by atoms with Crippen molar-refractivity contribution in [3.05, 3.63) is 126 Å². The highest BCUT2D eigenvalue weighted by Crippen LogP contribution is 2.30. The number of urea groups is 1. The highest BCUT2D eigenvalue weighted by molar-refractivity contribution is 7.13. The molecule has 0 spiro atoms. The molecule has 6 rings (SSSR count). The maximum atomic E-state index is 14.7. The summed E-state index contributed by atoms with van der Waals surface area (Å²) in [6.45, 7) is 12.1. The number of hydrogen-bond acceptors (Lipinski definition) is 9. The minimum absolute atomic E-state index is 0.0146. The Morgan fingerprint density at radius 2 is 1.49 bits per heavy atom. The van der Waals surface area contributed by atoms with Crippen molar-refractivity contribution in [3.8, 4) is 21.8 Å². The zero-order chi connectivity index (χ0) is 45.3. The van der Waals surface area contributed by atoms with Crippen LogP contribution in [0.15, 0.2) is 109 Å². The van der Waals surface area contributed by atoms with Gasteiger partial charge in [-0.05, 0) is 65.5 Å². The predicted molar refractivity (Wildman–Crippen MR) is 244 cm³/mol. The third-order valence-electron chi connectivity index (χ3n) is 11.1.